The number of anilines is 2. The molecule has 0 aliphatic carbocycles. The molecule has 1 saturated heterocycles. The third-order valence-electron chi connectivity index (χ3n) is 6.82. The first-order valence-corrected chi connectivity index (χ1v) is 11.7. The topological polar surface area (TPSA) is 118 Å². The molecule has 0 saturated carbocycles. The first-order valence-electron chi connectivity index (χ1n) is 11.7. The van der Waals surface area contributed by atoms with Gasteiger partial charge in [0.25, 0.3) is 11.8 Å². The van der Waals surface area contributed by atoms with Crippen LogP contribution in [0.2, 0.25) is 0 Å². The van der Waals surface area contributed by atoms with Crippen molar-refractivity contribution in [3.8, 4) is 5.69 Å². The van der Waals surface area contributed by atoms with Crippen LogP contribution in [0.15, 0.2) is 59.2 Å². The molecule has 1 fully saturated rings. The van der Waals surface area contributed by atoms with Crippen LogP contribution in [0.3, 0.4) is 0 Å². The molecule has 0 atom stereocenters. The molecule has 36 heavy (non-hydrogen) atoms. The molecule has 2 N–H and O–H groups in total. The zero-order valence-corrected chi connectivity index (χ0v) is 19.7. The monoisotopic (exact) mass is 484 g/mol. The van der Waals surface area contributed by atoms with Crippen molar-refractivity contribution in [1.29, 1.82) is 0 Å². The Labute approximate surface area is 206 Å². The fourth-order valence-corrected chi connectivity index (χ4v) is 4.95. The Hall–Kier alpha value is -4.44. The van der Waals surface area contributed by atoms with E-state index in [4.69, 9.17) is 10.2 Å². The minimum Gasteiger partial charge on any atom is -0.464 e. The highest BCUT2D eigenvalue weighted by atomic mass is 16.3. The van der Waals surface area contributed by atoms with Gasteiger partial charge in [-0.25, -0.2) is 4.68 Å². The molecule has 6 rings (SSSR count). The first kappa shape index (κ1) is 22.1. The zero-order valence-electron chi connectivity index (χ0n) is 19.7. The van der Waals surface area contributed by atoms with E-state index >= 15 is 0 Å². The maximum absolute atomic E-state index is 13.8. The van der Waals surface area contributed by atoms with Crippen LogP contribution < -0.4 is 15.5 Å². The number of piperazine rings is 1. The Morgan fingerprint density at radius 3 is 2.39 bits per heavy atom. The van der Waals surface area contributed by atoms with Crippen LogP contribution in [-0.4, -0.2) is 65.6 Å². The van der Waals surface area contributed by atoms with Gasteiger partial charge in [0.1, 0.15) is 11.3 Å². The summed E-state index contributed by atoms with van der Waals surface area (Å²) in [5.74, 6) is -0.892. The van der Waals surface area contributed by atoms with Crippen LogP contribution in [0.4, 0.5) is 11.4 Å². The van der Waals surface area contributed by atoms with Gasteiger partial charge >= 0.3 is 0 Å². The number of benzene rings is 2. The maximum atomic E-state index is 13.8. The van der Waals surface area contributed by atoms with Crippen LogP contribution in [0.25, 0.3) is 16.7 Å². The van der Waals surface area contributed by atoms with Crippen LogP contribution in [0, 0.1) is 0 Å². The zero-order chi connectivity index (χ0) is 25.0. The third kappa shape index (κ3) is 3.54. The highest BCUT2D eigenvalue weighted by molar-refractivity contribution is 6.09. The molecule has 2 aromatic carbocycles. The SMILES string of the molecule is CN1CCN(c2ccc(N3CCc4c(C(N)=O)nn(-c5ccc6occc6c5)c4C3=O)cc2)C(=O)C1. The van der Waals surface area contributed by atoms with Gasteiger partial charge in [0.05, 0.1) is 18.5 Å². The van der Waals surface area contributed by atoms with Crippen LogP contribution in [0.5, 0.6) is 0 Å². The van der Waals surface area contributed by atoms with Crippen molar-refractivity contribution in [3.05, 3.63) is 71.7 Å². The van der Waals surface area contributed by atoms with E-state index in [1.54, 1.807) is 28.2 Å². The van der Waals surface area contributed by atoms with Gasteiger partial charge in [-0.2, -0.15) is 5.10 Å². The van der Waals surface area contributed by atoms with Crippen molar-refractivity contribution in [3.63, 3.8) is 0 Å². The van der Waals surface area contributed by atoms with Crippen LogP contribution in [0.1, 0.15) is 26.5 Å². The summed E-state index contributed by atoms with van der Waals surface area (Å²) in [4.78, 5) is 43.8. The van der Waals surface area contributed by atoms with Gasteiger partial charge in [0, 0.05) is 42.0 Å². The molecule has 182 valence electrons. The number of amides is 3. The maximum Gasteiger partial charge on any atom is 0.277 e. The summed E-state index contributed by atoms with van der Waals surface area (Å²) < 4.78 is 6.91. The largest absolute Gasteiger partial charge is 0.464 e. The second kappa shape index (κ2) is 8.35. The van der Waals surface area contributed by atoms with Crippen molar-refractivity contribution in [2.45, 2.75) is 6.42 Å². The molecule has 3 amide bonds. The fourth-order valence-electron chi connectivity index (χ4n) is 4.95. The number of hydrogen-bond acceptors (Lipinski definition) is 6. The highest BCUT2D eigenvalue weighted by Crippen LogP contribution is 2.31. The van der Waals surface area contributed by atoms with E-state index < -0.39 is 5.91 Å². The molecule has 4 aromatic rings. The lowest BCUT2D eigenvalue weighted by atomic mass is 10.0. The molecule has 10 nitrogen and oxygen atoms in total. The van der Waals surface area contributed by atoms with E-state index in [1.807, 2.05) is 48.3 Å². The molecule has 2 aliphatic heterocycles. The molecular formula is C26H24N6O4. The fraction of sp³-hybridized carbons (Fsp3) is 0.231. The predicted octanol–water partition coefficient (Wildman–Crippen LogP) is 2.20. The Morgan fingerprint density at radius 2 is 1.67 bits per heavy atom. The number of fused-ring (bicyclic) bond motifs is 2. The summed E-state index contributed by atoms with van der Waals surface area (Å²) in [6.45, 7) is 2.19. The number of likely N-dealkylation sites (N-methyl/N-ethyl adjacent to an activating group) is 1. The lowest BCUT2D eigenvalue weighted by Gasteiger charge is -2.32. The summed E-state index contributed by atoms with van der Waals surface area (Å²) in [5, 5.41) is 5.29. The smallest absolute Gasteiger partial charge is 0.277 e. The number of carbonyl (C=O) groups is 3. The van der Waals surface area contributed by atoms with Crippen molar-refractivity contribution >= 4 is 40.1 Å². The minimum atomic E-state index is -0.670. The van der Waals surface area contributed by atoms with Crippen molar-refractivity contribution in [2.75, 3.05) is 43.0 Å². The number of nitrogens with zero attached hydrogens (tertiary/aromatic N) is 5. The third-order valence-corrected chi connectivity index (χ3v) is 6.82. The van der Waals surface area contributed by atoms with Crippen molar-refractivity contribution in [2.24, 2.45) is 5.73 Å². The van der Waals surface area contributed by atoms with Gasteiger partial charge < -0.3 is 20.0 Å². The molecule has 0 bridgehead atoms. The summed E-state index contributed by atoms with van der Waals surface area (Å²) in [6.07, 6.45) is 2.03. The van der Waals surface area contributed by atoms with Crippen LogP contribution in [-0.2, 0) is 11.2 Å². The van der Waals surface area contributed by atoms with E-state index in [2.05, 4.69) is 5.10 Å². The molecular weight excluding hydrogens is 460 g/mol. The molecule has 2 aliphatic rings. The number of aromatic nitrogens is 2. The summed E-state index contributed by atoms with van der Waals surface area (Å²) in [5.41, 5.74) is 9.43. The molecule has 0 unspecified atom stereocenters. The van der Waals surface area contributed by atoms with E-state index in [1.165, 1.54) is 4.68 Å². The highest BCUT2D eigenvalue weighted by Gasteiger charge is 2.35. The second-order valence-corrected chi connectivity index (χ2v) is 9.10. The lowest BCUT2D eigenvalue weighted by Crippen LogP contribution is -2.48. The number of nitrogens with two attached hydrogens (primary N) is 1. The van der Waals surface area contributed by atoms with Gasteiger partial charge in [-0.3, -0.25) is 19.3 Å². The average Bonchev–Trinajstić information content (AvgIpc) is 3.49. The van der Waals surface area contributed by atoms with E-state index in [9.17, 15) is 14.4 Å². The number of rotatable bonds is 4. The van der Waals surface area contributed by atoms with Crippen molar-refractivity contribution < 1.29 is 18.8 Å². The van der Waals surface area contributed by atoms with E-state index in [-0.39, 0.29) is 17.5 Å². The van der Waals surface area contributed by atoms with Gasteiger partial charge in [0.2, 0.25) is 5.91 Å². The Morgan fingerprint density at radius 1 is 0.944 bits per heavy atom. The van der Waals surface area contributed by atoms with E-state index in [0.717, 1.165) is 17.6 Å². The van der Waals surface area contributed by atoms with Crippen molar-refractivity contribution in [1.82, 2.24) is 14.7 Å². The minimum absolute atomic E-state index is 0.0488. The Bertz CT molecular complexity index is 1520. The Kier molecular flexibility index (Phi) is 5.11. The molecule has 10 heteroatoms. The average molecular weight is 485 g/mol. The Balaban J connectivity index is 1.35. The molecule has 0 spiro atoms. The number of hydrogen-bond donors (Lipinski definition) is 1. The summed E-state index contributed by atoms with van der Waals surface area (Å²) in [6, 6.07) is 14.7. The normalized spacial score (nSPS) is 16.6. The molecule has 2 aromatic heterocycles. The molecule has 4 heterocycles. The van der Waals surface area contributed by atoms with Gasteiger partial charge in [-0.1, -0.05) is 0 Å². The second-order valence-electron chi connectivity index (χ2n) is 9.10. The number of carbonyl (C=O) groups excluding carboxylic acids is 3. The predicted molar refractivity (Wildman–Crippen MR) is 134 cm³/mol. The van der Waals surface area contributed by atoms with E-state index in [0.29, 0.717) is 54.3 Å². The number of primary amides is 1. The first-order chi connectivity index (χ1) is 17.4. The van der Waals surface area contributed by atoms with Gasteiger partial charge in [-0.05, 0) is 62.0 Å². The van der Waals surface area contributed by atoms with Crippen LogP contribution >= 0.6 is 0 Å². The summed E-state index contributed by atoms with van der Waals surface area (Å²) in [7, 11) is 1.93. The standard InChI is InChI=1S/C26H24N6O4/c1-29-11-12-30(22(33)15-29)17-2-4-18(5-3-17)31-10-8-20-23(25(27)34)28-32(24(20)26(31)35)19-6-7-21-16(14-19)9-13-36-21/h2-7,9,13-14H,8,10-12,15H2,1H3,(H2,27,34). The van der Waals surface area contributed by atoms with Gasteiger partial charge in [0.15, 0.2) is 5.69 Å². The lowest BCUT2D eigenvalue weighted by molar-refractivity contribution is -0.120. The summed E-state index contributed by atoms with van der Waals surface area (Å²) >= 11 is 0. The number of furan rings is 1. The quantitative estimate of drug-likeness (QED) is 0.475. The molecule has 0 radical (unpaired) electrons. The van der Waals surface area contributed by atoms with Gasteiger partial charge in [-0.15, -0.1) is 0 Å².